The molecule has 0 radical (unpaired) electrons. The molecule has 0 aromatic carbocycles. The molecule has 0 saturated heterocycles. The Morgan fingerprint density at radius 1 is 1.21 bits per heavy atom. The molecule has 0 spiro atoms. The van der Waals surface area contributed by atoms with Gasteiger partial charge in [0.15, 0.2) is 0 Å². The Morgan fingerprint density at radius 2 is 2.00 bits per heavy atom. The highest BCUT2D eigenvalue weighted by Crippen LogP contribution is 2.27. The predicted octanol–water partition coefficient (Wildman–Crippen LogP) is 3.70. The van der Waals surface area contributed by atoms with Gasteiger partial charge in [0.1, 0.15) is 10.8 Å². The summed E-state index contributed by atoms with van der Waals surface area (Å²) in [6, 6.07) is 7.23. The largest absolute Gasteiger partial charge is 0.478 e. The number of hydrogen-bond acceptors (Lipinski definition) is 7. The minimum atomic E-state index is -0.194. The maximum Gasteiger partial charge on any atom is 0.254 e. The Hall–Kier alpha value is -2.87. The number of rotatable bonds is 8. The minimum absolute atomic E-state index is 0.194. The zero-order valence-corrected chi connectivity index (χ0v) is 16.9. The second kappa shape index (κ2) is 9.36. The van der Waals surface area contributed by atoms with E-state index in [1.807, 2.05) is 32.9 Å². The maximum absolute atomic E-state index is 12.7. The van der Waals surface area contributed by atoms with Gasteiger partial charge in [-0.25, -0.2) is 9.97 Å². The number of thioether (sulfide) groups is 1. The first kappa shape index (κ1) is 19.9. The third-order valence-corrected chi connectivity index (χ3v) is 5.15. The summed E-state index contributed by atoms with van der Waals surface area (Å²) >= 11 is 1.49. The van der Waals surface area contributed by atoms with Crippen LogP contribution in [0.5, 0.6) is 5.88 Å². The SMILES string of the molecule is CCOc1ncccc1CNC(=O)c1cccnc1SCc1c(C)noc1C. The molecule has 146 valence electrons. The van der Waals surface area contributed by atoms with Crippen molar-refractivity contribution in [3.63, 3.8) is 0 Å². The van der Waals surface area contributed by atoms with Gasteiger partial charge in [0.2, 0.25) is 5.88 Å². The number of hydrogen-bond donors (Lipinski definition) is 1. The first-order chi connectivity index (χ1) is 13.6. The van der Waals surface area contributed by atoms with E-state index in [4.69, 9.17) is 9.26 Å². The molecule has 3 aromatic rings. The van der Waals surface area contributed by atoms with Crippen LogP contribution in [0, 0.1) is 13.8 Å². The number of nitrogens with one attached hydrogen (secondary N) is 1. The van der Waals surface area contributed by atoms with Crippen molar-refractivity contribution in [3.05, 3.63) is 64.8 Å². The van der Waals surface area contributed by atoms with Gasteiger partial charge in [-0.15, -0.1) is 11.8 Å². The lowest BCUT2D eigenvalue weighted by Gasteiger charge is -2.11. The molecular weight excluding hydrogens is 376 g/mol. The summed E-state index contributed by atoms with van der Waals surface area (Å²) < 4.78 is 10.7. The Morgan fingerprint density at radius 3 is 2.75 bits per heavy atom. The lowest BCUT2D eigenvalue weighted by molar-refractivity contribution is 0.0947. The van der Waals surface area contributed by atoms with Crippen LogP contribution in [0.2, 0.25) is 0 Å². The Bertz CT molecular complexity index is 939. The van der Waals surface area contributed by atoms with Crippen LogP contribution in [-0.2, 0) is 12.3 Å². The average Bonchev–Trinajstić information content (AvgIpc) is 3.03. The molecule has 0 atom stereocenters. The van der Waals surface area contributed by atoms with E-state index in [1.54, 1.807) is 24.5 Å². The van der Waals surface area contributed by atoms with Gasteiger partial charge in [0.05, 0.1) is 17.9 Å². The van der Waals surface area contributed by atoms with Crippen LogP contribution in [0.3, 0.4) is 0 Å². The average molecular weight is 398 g/mol. The van der Waals surface area contributed by atoms with Crippen molar-refractivity contribution < 1.29 is 14.1 Å². The quantitative estimate of drug-likeness (QED) is 0.579. The molecule has 8 heteroatoms. The van der Waals surface area contributed by atoms with Crippen molar-refractivity contribution in [2.24, 2.45) is 0 Å². The first-order valence-electron chi connectivity index (χ1n) is 8.94. The second-order valence-corrected chi connectivity index (χ2v) is 6.99. The number of carbonyl (C=O) groups is 1. The summed E-state index contributed by atoms with van der Waals surface area (Å²) in [4.78, 5) is 21.3. The fourth-order valence-electron chi connectivity index (χ4n) is 2.62. The van der Waals surface area contributed by atoms with Crippen LogP contribution in [-0.4, -0.2) is 27.6 Å². The van der Waals surface area contributed by atoms with Gasteiger partial charge in [-0.1, -0.05) is 11.2 Å². The van der Waals surface area contributed by atoms with Crippen molar-refractivity contribution in [2.45, 2.75) is 38.1 Å². The van der Waals surface area contributed by atoms with Crippen LogP contribution in [0.15, 0.2) is 46.2 Å². The molecule has 7 nitrogen and oxygen atoms in total. The minimum Gasteiger partial charge on any atom is -0.478 e. The fourth-order valence-corrected chi connectivity index (χ4v) is 3.77. The molecular formula is C20H22N4O3S. The Labute approximate surface area is 167 Å². The lowest BCUT2D eigenvalue weighted by atomic mass is 10.2. The summed E-state index contributed by atoms with van der Waals surface area (Å²) in [7, 11) is 0. The van der Waals surface area contributed by atoms with Gasteiger partial charge in [-0.3, -0.25) is 4.79 Å². The molecule has 0 saturated carbocycles. The van der Waals surface area contributed by atoms with Gasteiger partial charge in [0.25, 0.3) is 5.91 Å². The van der Waals surface area contributed by atoms with E-state index in [0.29, 0.717) is 35.4 Å². The Balaban J connectivity index is 1.69. The van der Waals surface area contributed by atoms with Crippen molar-refractivity contribution >= 4 is 17.7 Å². The highest BCUT2D eigenvalue weighted by atomic mass is 32.2. The number of carbonyl (C=O) groups excluding carboxylic acids is 1. The molecule has 3 rings (SSSR count). The van der Waals surface area contributed by atoms with Gasteiger partial charge in [-0.2, -0.15) is 0 Å². The van der Waals surface area contributed by atoms with Gasteiger partial charge < -0.3 is 14.6 Å². The van der Waals surface area contributed by atoms with E-state index in [-0.39, 0.29) is 5.91 Å². The summed E-state index contributed by atoms with van der Waals surface area (Å²) in [5, 5.41) is 7.56. The molecule has 1 N–H and O–H groups in total. The van der Waals surface area contributed by atoms with Crippen molar-refractivity contribution in [1.82, 2.24) is 20.4 Å². The molecule has 0 aliphatic rings. The summed E-state index contributed by atoms with van der Waals surface area (Å²) in [5.41, 5.74) is 3.23. The van der Waals surface area contributed by atoms with E-state index < -0.39 is 0 Å². The van der Waals surface area contributed by atoms with Crippen molar-refractivity contribution in [2.75, 3.05) is 6.61 Å². The number of nitrogens with zero attached hydrogens (tertiary/aromatic N) is 3. The number of amides is 1. The van der Waals surface area contributed by atoms with Gasteiger partial charge >= 0.3 is 0 Å². The standard InChI is InChI=1S/C20H22N4O3S/c1-4-26-19-15(7-5-9-21-19)11-23-18(25)16-8-6-10-22-20(16)28-12-17-13(2)24-27-14(17)3/h5-10H,4,11-12H2,1-3H3,(H,23,25). The van der Waals surface area contributed by atoms with E-state index in [2.05, 4.69) is 20.4 Å². The molecule has 0 fully saturated rings. The number of pyridine rings is 2. The smallest absolute Gasteiger partial charge is 0.254 e. The van der Waals surface area contributed by atoms with Crippen LogP contribution >= 0.6 is 11.8 Å². The van der Waals surface area contributed by atoms with Crippen molar-refractivity contribution in [3.8, 4) is 5.88 Å². The van der Waals surface area contributed by atoms with Gasteiger partial charge in [0, 0.05) is 35.8 Å². The van der Waals surface area contributed by atoms with E-state index in [1.165, 1.54) is 11.8 Å². The normalized spacial score (nSPS) is 10.7. The highest BCUT2D eigenvalue weighted by molar-refractivity contribution is 7.98. The number of ether oxygens (including phenoxy) is 1. The first-order valence-corrected chi connectivity index (χ1v) is 9.93. The van der Waals surface area contributed by atoms with Gasteiger partial charge in [-0.05, 0) is 39.0 Å². The molecule has 0 unspecified atom stereocenters. The zero-order chi connectivity index (χ0) is 19.9. The molecule has 0 aliphatic carbocycles. The summed E-state index contributed by atoms with van der Waals surface area (Å²) in [5.74, 6) is 1.76. The van der Waals surface area contributed by atoms with E-state index in [0.717, 1.165) is 22.6 Å². The second-order valence-electron chi connectivity index (χ2n) is 6.03. The molecule has 3 heterocycles. The molecule has 1 amide bonds. The Kier molecular flexibility index (Phi) is 6.65. The van der Waals surface area contributed by atoms with Crippen molar-refractivity contribution in [1.29, 1.82) is 0 Å². The topological polar surface area (TPSA) is 90.1 Å². The molecule has 0 aliphatic heterocycles. The van der Waals surface area contributed by atoms with E-state index in [9.17, 15) is 4.79 Å². The zero-order valence-electron chi connectivity index (χ0n) is 16.1. The third-order valence-electron chi connectivity index (χ3n) is 4.12. The number of aryl methyl sites for hydroxylation is 2. The lowest BCUT2D eigenvalue weighted by Crippen LogP contribution is -2.24. The summed E-state index contributed by atoms with van der Waals surface area (Å²) in [6.07, 6.45) is 3.35. The monoisotopic (exact) mass is 398 g/mol. The third kappa shape index (κ3) is 4.69. The maximum atomic E-state index is 12.7. The molecule has 3 aromatic heterocycles. The molecule has 28 heavy (non-hydrogen) atoms. The predicted molar refractivity (Wildman–Crippen MR) is 106 cm³/mol. The van der Waals surface area contributed by atoms with Crippen LogP contribution < -0.4 is 10.1 Å². The van der Waals surface area contributed by atoms with Crippen LogP contribution in [0.25, 0.3) is 0 Å². The van der Waals surface area contributed by atoms with E-state index >= 15 is 0 Å². The van der Waals surface area contributed by atoms with Crippen LogP contribution in [0.4, 0.5) is 0 Å². The summed E-state index contributed by atoms with van der Waals surface area (Å²) in [6.45, 7) is 6.52. The highest BCUT2D eigenvalue weighted by Gasteiger charge is 2.16. The molecule has 0 bridgehead atoms. The fraction of sp³-hybridized carbons (Fsp3) is 0.300. The number of aromatic nitrogens is 3. The van der Waals surface area contributed by atoms with Crippen LogP contribution in [0.1, 0.15) is 39.9 Å².